The Morgan fingerprint density at radius 1 is 1.38 bits per heavy atom. The molecule has 1 amide bonds. The van der Waals surface area contributed by atoms with Crippen LogP contribution in [0.5, 0.6) is 0 Å². The highest BCUT2D eigenvalue weighted by molar-refractivity contribution is 5.75. The molecule has 0 aliphatic rings. The highest BCUT2D eigenvalue weighted by Crippen LogP contribution is 2.15. The Balaban J connectivity index is 2.83. The van der Waals surface area contributed by atoms with Crippen LogP contribution in [0.15, 0.2) is 6.07 Å². The zero-order chi connectivity index (χ0) is 12.3. The first-order valence-electron chi connectivity index (χ1n) is 5.17. The third-order valence-corrected chi connectivity index (χ3v) is 2.05. The van der Waals surface area contributed by atoms with E-state index in [0.717, 1.165) is 11.4 Å². The van der Waals surface area contributed by atoms with Crippen molar-refractivity contribution in [3.63, 3.8) is 0 Å². The summed E-state index contributed by atoms with van der Waals surface area (Å²) < 4.78 is 0. The number of amides is 1. The number of aromatic nitrogens is 2. The van der Waals surface area contributed by atoms with E-state index in [9.17, 15) is 4.79 Å². The Bertz CT molecular complexity index is 381. The number of anilines is 1. The van der Waals surface area contributed by atoms with E-state index in [2.05, 4.69) is 15.3 Å². The fourth-order valence-electron chi connectivity index (χ4n) is 1.56. The lowest BCUT2D eigenvalue weighted by atomic mass is 10.0. The van der Waals surface area contributed by atoms with E-state index in [1.165, 1.54) is 0 Å². The van der Waals surface area contributed by atoms with Crippen LogP contribution in [0.1, 0.15) is 31.7 Å². The standard InChI is InChI=1S/C11H18N4O/c1-7-5-8(2)14-10(13-7)15-11(3,4)6-9(12)16/h5H,6H2,1-4H3,(H2,12,16)(H,13,14,15). The van der Waals surface area contributed by atoms with Gasteiger partial charge in [0.1, 0.15) is 0 Å². The number of primary amides is 1. The summed E-state index contributed by atoms with van der Waals surface area (Å²) in [6, 6.07) is 1.90. The van der Waals surface area contributed by atoms with E-state index < -0.39 is 5.54 Å². The lowest BCUT2D eigenvalue weighted by molar-refractivity contribution is -0.118. The third-order valence-electron chi connectivity index (χ3n) is 2.05. The molecule has 1 rings (SSSR count). The average molecular weight is 222 g/mol. The second kappa shape index (κ2) is 4.47. The van der Waals surface area contributed by atoms with E-state index >= 15 is 0 Å². The molecular weight excluding hydrogens is 204 g/mol. The Labute approximate surface area is 95.5 Å². The van der Waals surface area contributed by atoms with E-state index in [0.29, 0.717) is 5.95 Å². The zero-order valence-corrected chi connectivity index (χ0v) is 10.2. The van der Waals surface area contributed by atoms with Gasteiger partial charge in [-0.1, -0.05) is 0 Å². The van der Waals surface area contributed by atoms with Crippen molar-refractivity contribution in [3.05, 3.63) is 17.5 Å². The van der Waals surface area contributed by atoms with Crippen molar-refractivity contribution in [2.75, 3.05) is 5.32 Å². The van der Waals surface area contributed by atoms with Gasteiger partial charge in [0.05, 0.1) is 0 Å². The molecule has 1 aromatic rings. The number of carbonyl (C=O) groups excluding carboxylic acids is 1. The molecule has 0 aromatic carbocycles. The van der Waals surface area contributed by atoms with Gasteiger partial charge in [-0.3, -0.25) is 4.79 Å². The van der Waals surface area contributed by atoms with Gasteiger partial charge >= 0.3 is 0 Å². The summed E-state index contributed by atoms with van der Waals surface area (Å²) in [7, 11) is 0. The van der Waals surface area contributed by atoms with E-state index in [4.69, 9.17) is 5.73 Å². The van der Waals surface area contributed by atoms with E-state index in [-0.39, 0.29) is 12.3 Å². The minimum Gasteiger partial charge on any atom is -0.370 e. The van der Waals surface area contributed by atoms with Crippen molar-refractivity contribution < 1.29 is 4.79 Å². The molecule has 5 heteroatoms. The monoisotopic (exact) mass is 222 g/mol. The van der Waals surface area contributed by atoms with Gasteiger partial charge in [0, 0.05) is 23.3 Å². The number of rotatable bonds is 4. The first-order valence-corrected chi connectivity index (χ1v) is 5.17. The van der Waals surface area contributed by atoms with Crippen molar-refractivity contribution in [1.82, 2.24) is 9.97 Å². The Morgan fingerprint density at radius 3 is 2.31 bits per heavy atom. The third kappa shape index (κ3) is 3.84. The largest absolute Gasteiger partial charge is 0.370 e. The molecule has 0 spiro atoms. The Morgan fingerprint density at radius 2 is 1.88 bits per heavy atom. The minimum atomic E-state index is -0.438. The van der Waals surface area contributed by atoms with Gasteiger partial charge in [-0.05, 0) is 33.8 Å². The first-order chi connectivity index (χ1) is 7.28. The molecule has 0 saturated carbocycles. The van der Waals surface area contributed by atoms with E-state index in [1.54, 1.807) is 0 Å². The lowest BCUT2D eigenvalue weighted by Gasteiger charge is -2.24. The molecule has 0 saturated heterocycles. The minimum absolute atomic E-state index is 0.239. The summed E-state index contributed by atoms with van der Waals surface area (Å²) >= 11 is 0. The van der Waals surface area contributed by atoms with Crippen molar-refractivity contribution in [1.29, 1.82) is 0 Å². The fourth-order valence-corrected chi connectivity index (χ4v) is 1.56. The number of hydrogen-bond donors (Lipinski definition) is 2. The van der Waals surface area contributed by atoms with Crippen molar-refractivity contribution in [2.24, 2.45) is 5.73 Å². The summed E-state index contributed by atoms with van der Waals surface area (Å²) in [5.41, 5.74) is 6.52. The van der Waals surface area contributed by atoms with Crippen LogP contribution in [0, 0.1) is 13.8 Å². The van der Waals surface area contributed by atoms with Gasteiger partial charge in [0.15, 0.2) is 0 Å². The molecule has 88 valence electrons. The van der Waals surface area contributed by atoms with Crippen molar-refractivity contribution in [2.45, 2.75) is 39.7 Å². The van der Waals surface area contributed by atoms with E-state index in [1.807, 2.05) is 33.8 Å². The lowest BCUT2D eigenvalue weighted by Crippen LogP contribution is -2.36. The predicted molar refractivity (Wildman–Crippen MR) is 63.0 cm³/mol. The quantitative estimate of drug-likeness (QED) is 0.801. The van der Waals surface area contributed by atoms with Crippen molar-refractivity contribution in [3.8, 4) is 0 Å². The molecule has 0 atom stereocenters. The molecule has 5 nitrogen and oxygen atoms in total. The summed E-state index contributed by atoms with van der Waals surface area (Å²) in [6.45, 7) is 7.58. The second-order valence-electron chi connectivity index (χ2n) is 4.63. The van der Waals surface area contributed by atoms with Gasteiger partial charge in [-0.25, -0.2) is 9.97 Å². The number of nitrogens with two attached hydrogens (primary N) is 1. The molecule has 16 heavy (non-hydrogen) atoms. The van der Waals surface area contributed by atoms with Crippen LogP contribution in [0.25, 0.3) is 0 Å². The highest BCUT2D eigenvalue weighted by Gasteiger charge is 2.21. The van der Waals surface area contributed by atoms with Crippen LogP contribution in [0.2, 0.25) is 0 Å². The van der Waals surface area contributed by atoms with Crippen LogP contribution in [-0.4, -0.2) is 21.4 Å². The number of hydrogen-bond acceptors (Lipinski definition) is 4. The first kappa shape index (κ1) is 12.4. The SMILES string of the molecule is Cc1cc(C)nc(NC(C)(C)CC(N)=O)n1. The summed E-state index contributed by atoms with van der Waals surface area (Å²) in [4.78, 5) is 19.4. The summed E-state index contributed by atoms with van der Waals surface area (Å²) in [5, 5.41) is 3.11. The molecule has 0 aliphatic heterocycles. The number of nitrogens with one attached hydrogen (secondary N) is 1. The topological polar surface area (TPSA) is 80.9 Å². The van der Waals surface area contributed by atoms with Crippen LogP contribution in [0.3, 0.4) is 0 Å². The maximum Gasteiger partial charge on any atom is 0.223 e. The molecule has 1 heterocycles. The summed E-state index contributed by atoms with van der Waals surface area (Å²) in [5.74, 6) is 0.186. The fraction of sp³-hybridized carbons (Fsp3) is 0.545. The molecule has 0 radical (unpaired) electrons. The number of nitrogens with zero attached hydrogens (tertiary/aromatic N) is 2. The molecule has 3 N–H and O–H groups in total. The van der Waals surface area contributed by atoms with Crippen LogP contribution < -0.4 is 11.1 Å². The number of carbonyl (C=O) groups is 1. The van der Waals surface area contributed by atoms with Crippen LogP contribution in [-0.2, 0) is 4.79 Å². The average Bonchev–Trinajstić information content (AvgIpc) is 1.95. The van der Waals surface area contributed by atoms with Crippen LogP contribution in [0.4, 0.5) is 5.95 Å². The normalized spacial score (nSPS) is 11.2. The molecular formula is C11H18N4O. The highest BCUT2D eigenvalue weighted by atomic mass is 16.1. The van der Waals surface area contributed by atoms with Gasteiger partial charge in [-0.2, -0.15) is 0 Å². The second-order valence-corrected chi connectivity index (χ2v) is 4.63. The maximum absolute atomic E-state index is 10.9. The van der Waals surface area contributed by atoms with Gasteiger partial charge in [0.2, 0.25) is 11.9 Å². The number of aryl methyl sites for hydroxylation is 2. The Kier molecular flexibility index (Phi) is 3.47. The summed E-state index contributed by atoms with van der Waals surface area (Å²) in [6.07, 6.45) is 0.239. The van der Waals surface area contributed by atoms with Crippen LogP contribution >= 0.6 is 0 Å². The molecule has 0 unspecified atom stereocenters. The van der Waals surface area contributed by atoms with Crippen molar-refractivity contribution >= 4 is 11.9 Å². The molecule has 0 aliphatic carbocycles. The van der Waals surface area contributed by atoms with Gasteiger partial charge in [0.25, 0.3) is 0 Å². The maximum atomic E-state index is 10.9. The molecule has 0 fully saturated rings. The van der Waals surface area contributed by atoms with Gasteiger partial charge < -0.3 is 11.1 Å². The molecule has 0 bridgehead atoms. The predicted octanol–water partition coefficient (Wildman–Crippen LogP) is 1.16. The zero-order valence-electron chi connectivity index (χ0n) is 10.2. The Hall–Kier alpha value is -1.65. The van der Waals surface area contributed by atoms with Gasteiger partial charge in [-0.15, -0.1) is 0 Å². The smallest absolute Gasteiger partial charge is 0.223 e. The molecule has 1 aromatic heterocycles.